The zero-order valence-electron chi connectivity index (χ0n) is 11.5. The molecular weight excluding hydrogens is 260 g/mol. The molecule has 4 heteroatoms. The summed E-state index contributed by atoms with van der Waals surface area (Å²) in [4.78, 5) is 0. The molecule has 1 unspecified atom stereocenters. The van der Waals surface area contributed by atoms with Crippen LogP contribution >= 0.6 is 0 Å². The van der Waals surface area contributed by atoms with Crippen LogP contribution in [0.4, 0.5) is 14.5 Å². The Hall–Kier alpha value is -1.94. The molecule has 0 amide bonds. The number of benzene rings is 2. The number of hydrogen-bond acceptors (Lipinski definition) is 2. The number of halogens is 2. The Labute approximate surface area is 117 Å². The predicted octanol–water partition coefficient (Wildman–Crippen LogP) is 3.73. The number of para-hydroxylation sites is 1. The highest BCUT2D eigenvalue weighted by Crippen LogP contribution is 2.22. The van der Waals surface area contributed by atoms with E-state index in [0.717, 1.165) is 28.9 Å². The van der Waals surface area contributed by atoms with Crippen LogP contribution in [0.25, 0.3) is 0 Å². The molecule has 2 nitrogen and oxygen atoms in total. The maximum Gasteiger partial charge on any atom is 0.131 e. The van der Waals surface area contributed by atoms with Gasteiger partial charge in [-0.1, -0.05) is 24.3 Å². The fraction of sp³-hybridized carbons (Fsp3) is 0.250. The summed E-state index contributed by atoms with van der Waals surface area (Å²) in [5, 5.41) is 13.1. The van der Waals surface area contributed by atoms with Gasteiger partial charge >= 0.3 is 0 Å². The van der Waals surface area contributed by atoms with E-state index in [0.29, 0.717) is 0 Å². The number of aliphatic hydroxyl groups is 1. The standard InChI is InChI=1S/C16H17F2NO/c1-10-4-3-5-11(2)16(10)19-9-15(20)13-7-6-12(17)8-14(13)18/h3-8,15,19-20H,9H2,1-2H3. The van der Waals surface area contributed by atoms with Crippen LogP contribution in [0.5, 0.6) is 0 Å². The highest BCUT2D eigenvalue weighted by molar-refractivity contribution is 5.56. The van der Waals surface area contributed by atoms with Gasteiger partial charge in [-0.15, -0.1) is 0 Å². The maximum atomic E-state index is 13.6. The van der Waals surface area contributed by atoms with E-state index in [1.54, 1.807) is 0 Å². The minimum absolute atomic E-state index is 0.0881. The summed E-state index contributed by atoms with van der Waals surface area (Å²) in [5.74, 6) is -1.39. The van der Waals surface area contributed by atoms with E-state index in [1.165, 1.54) is 6.07 Å². The average Bonchev–Trinajstić information content (AvgIpc) is 2.37. The average molecular weight is 277 g/mol. The number of hydrogen-bond donors (Lipinski definition) is 2. The van der Waals surface area contributed by atoms with Crippen LogP contribution in [0.3, 0.4) is 0 Å². The topological polar surface area (TPSA) is 32.3 Å². The zero-order chi connectivity index (χ0) is 14.7. The molecular formula is C16H17F2NO. The van der Waals surface area contributed by atoms with E-state index < -0.39 is 17.7 Å². The Balaban J connectivity index is 2.11. The summed E-state index contributed by atoms with van der Waals surface area (Å²) < 4.78 is 26.4. The van der Waals surface area contributed by atoms with Crippen molar-refractivity contribution in [3.8, 4) is 0 Å². The fourth-order valence-electron chi connectivity index (χ4n) is 2.17. The van der Waals surface area contributed by atoms with Crippen molar-refractivity contribution in [2.24, 2.45) is 0 Å². The predicted molar refractivity (Wildman–Crippen MR) is 75.7 cm³/mol. The van der Waals surface area contributed by atoms with Crippen molar-refractivity contribution in [3.63, 3.8) is 0 Å². The van der Waals surface area contributed by atoms with Gasteiger partial charge in [0.05, 0.1) is 6.10 Å². The molecule has 2 rings (SSSR count). The zero-order valence-corrected chi connectivity index (χ0v) is 11.5. The van der Waals surface area contributed by atoms with Gasteiger partial charge in [-0.25, -0.2) is 8.78 Å². The molecule has 2 aromatic rings. The van der Waals surface area contributed by atoms with Gasteiger partial charge in [0.1, 0.15) is 11.6 Å². The third-order valence-electron chi connectivity index (χ3n) is 3.27. The van der Waals surface area contributed by atoms with Crippen LogP contribution in [0, 0.1) is 25.5 Å². The van der Waals surface area contributed by atoms with Crippen LogP contribution in [0.2, 0.25) is 0 Å². The molecule has 0 heterocycles. The van der Waals surface area contributed by atoms with Crippen molar-refractivity contribution >= 4 is 5.69 Å². The first-order valence-corrected chi connectivity index (χ1v) is 6.42. The molecule has 1 atom stereocenters. The maximum absolute atomic E-state index is 13.6. The normalized spacial score (nSPS) is 12.2. The summed E-state index contributed by atoms with van der Waals surface area (Å²) in [6.07, 6.45) is -1.03. The van der Waals surface area contributed by atoms with E-state index in [-0.39, 0.29) is 12.1 Å². The van der Waals surface area contributed by atoms with Crippen molar-refractivity contribution < 1.29 is 13.9 Å². The molecule has 0 spiro atoms. The van der Waals surface area contributed by atoms with Crippen molar-refractivity contribution in [2.45, 2.75) is 20.0 Å². The summed E-state index contributed by atoms with van der Waals surface area (Å²) >= 11 is 0. The Bertz CT molecular complexity index is 593. The van der Waals surface area contributed by atoms with E-state index in [1.807, 2.05) is 32.0 Å². The smallest absolute Gasteiger partial charge is 0.131 e. The Morgan fingerprint density at radius 2 is 1.75 bits per heavy atom. The summed E-state index contributed by atoms with van der Waals surface area (Å²) in [5.41, 5.74) is 3.12. The minimum atomic E-state index is -1.03. The number of anilines is 1. The quantitative estimate of drug-likeness (QED) is 0.892. The van der Waals surface area contributed by atoms with Crippen molar-refractivity contribution in [1.29, 1.82) is 0 Å². The van der Waals surface area contributed by atoms with Gasteiger partial charge in [-0.05, 0) is 31.0 Å². The first-order valence-electron chi connectivity index (χ1n) is 6.42. The van der Waals surface area contributed by atoms with Crippen LogP contribution in [0.15, 0.2) is 36.4 Å². The molecule has 0 aliphatic heterocycles. The Morgan fingerprint density at radius 1 is 1.10 bits per heavy atom. The first kappa shape index (κ1) is 14.5. The van der Waals surface area contributed by atoms with Gasteiger partial charge < -0.3 is 10.4 Å². The molecule has 0 fully saturated rings. The van der Waals surface area contributed by atoms with Gasteiger partial charge in [-0.3, -0.25) is 0 Å². The third kappa shape index (κ3) is 3.14. The van der Waals surface area contributed by atoms with Gasteiger partial charge in [0.25, 0.3) is 0 Å². The highest BCUT2D eigenvalue weighted by Gasteiger charge is 2.14. The summed E-state index contributed by atoms with van der Waals surface area (Å²) in [6.45, 7) is 4.08. The van der Waals surface area contributed by atoms with Crippen molar-refractivity contribution in [1.82, 2.24) is 0 Å². The summed E-state index contributed by atoms with van der Waals surface area (Å²) in [7, 11) is 0. The Kier molecular flexibility index (Phi) is 4.35. The second kappa shape index (κ2) is 6.01. The molecule has 0 bridgehead atoms. The van der Waals surface area contributed by atoms with Gasteiger partial charge in [0.15, 0.2) is 0 Å². The number of aryl methyl sites for hydroxylation is 2. The molecule has 0 aliphatic rings. The van der Waals surface area contributed by atoms with Gasteiger partial charge in [-0.2, -0.15) is 0 Å². The lowest BCUT2D eigenvalue weighted by Gasteiger charge is -2.17. The molecule has 0 radical (unpaired) electrons. The SMILES string of the molecule is Cc1cccc(C)c1NCC(O)c1ccc(F)cc1F. The summed E-state index contributed by atoms with van der Waals surface area (Å²) in [6, 6.07) is 9.05. The molecule has 0 saturated carbocycles. The molecule has 2 aromatic carbocycles. The lowest BCUT2D eigenvalue weighted by molar-refractivity contribution is 0.186. The van der Waals surface area contributed by atoms with Crippen molar-refractivity contribution in [3.05, 3.63) is 64.7 Å². The second-order valence-corrected chi connectivity index (χ2v) is 4.83. The molecule has 20 heavy (non-hydrogen) atoms. The van der Waals surface area contributed by atoms with E-state index in [2.05, 4.69) is 5.32 Å². The van der Waals surface area contributed by atoms with Crippen LogP contribution < -0.4 is 5.32 Å². The number of nitrogens with one attached hydrogen (secondary N) is 1. The van der Waals surface area contributed by atoms with E-state index in [9.17, 15) is 13.9 Å². The van der Waals surface area contributed by atoms with Gasteiger partial charge in [0, 0.05) is 23.9 Å². The molecule has 2 N–H and O–H groups in total. The van der Waals surface area contributed by atoms with Crippen LogP contribution in [-0.4, -0.2) is 11.7 Å². The first-order chi connectivity index (χ1) is 9.49. The number of rotatable bonds is 4. The largest absolute Gasteiger partial charge is 0.386 e. The molecule has 106 valence electrons. The third-order valence-corrected chi connectivity index (χ3v) is 3.27. The highest BCUT2D eigenvalue weighted by atomic mass is 19.1. The van der Waals surface area contributed by atoms with Gasteiger partial charge in [0.2, 0.25) is 0 Å². The molecule has 0 aliphatic carbocycles. The lowest BCUT2D eigenvalue weighted by Crippen LogP contribution is -2.14. The van der Waals surface area contributed by atoms with E-state index >= 15 is 0 Å². The van der Waals surface area contributed by atoms with E-state index in [4.69, 9.17) is 0 Å². The second-order valence-electron chi connectivity index (χ2n) is 4.83. The van der Waals surface area contributed by atoms with Crippen molar-refractivity contribution in [2.75, 3.05) is 11.9 Å². The lowest BCUT2D eigenvalue weighted by atomic mass is 10.1. The van der Waals surface area contributed by atoms with Crippen LogP contribution in [0.1, 0.15) is 22.8 Å². The monoisotopic (exact) mass is 277 g/mol. The minimum Gasteiger partial charge on any atom is -0.386 e. The fourth-order valence-corrected chi connectivity index (χ4v) is 2.17. The molecule has 0 aromatic heterocycles. The van der Waals surface area contributed by atoms with Crippen LogP contribution in [-0.2, 0) is 0 Å². The number of aliphatic hydroxyl groups excluding tert-OH is 1. The molecule has 0 saturated heterocycles. The Morgan fingerprint density at radius 3 is 2.35 bits per heavy atom.